The van der Waals surface area contributed by atoms with Gasteiger partial charge in [-0.15, -0.1) is 11.8 Å². The molecule has 10 nitrogen and oxygen atoms in total. The molecule has 23 heavy (non-hydrogen) atoms. The highest BCUT2D eigenvalue weighted by molar-refractivity contribution is 8.00. The molecule has 0 bridgehead atoms. The molecule has 1 aromatic rings. The van der Waals surface area contributed by atoms with Crippen LogP contribution in [-0.2, 0) is 18.0 Å². The fourth-order valence-corrected chi connectivity index (χ4v) is 5.68. The lowest BCUT2D eigenvalue weighted by Crippen LogP contribution is -2.29. The molecule has 0 spiro atoms. The molecule has 0 amide bonds. The Morgan fingerprint density at radius 1 is 1.39 bits per heavy atom. The molecule has 2 heterocycles. The fourth-order valence-electron chi connectivity index (χ4n) is 2.06. The minimum absolute atomic E-state index is 0.174. The Morgan fingerprint density at radius 3 is 2.70 bits per heavy atom. The fraction of sp³-hybridized carbons (Fsp3) is 0.600. The highest BCUT2D eigenvalue weighted by Gasteiger charge is 2.33. The molecule has 0 aromatic carbocycles. The first-order valence-corrected chi connectivity index (χ1v) is 11.0. The molecule has 0 radical (unpaired) electrons. The van der Waals surface area contributed by atoms with Crippen molar-refractivity contribution in [1.82, 2.24) is 9.55 Å². The number of hydrogen-bond acceptors (Lipinski definition) is 7. The van der Waals surface area contributed by atoms with E-state index in [4.69, 9.17) is 9.42 Å². The van der Waals surface area contributed by atoms with E-state index < -0.39 is 26.7 Å². The maximum absolute atomic E-state index is 11.7. The Hall–Kier alpha value is -0.670. The highest BCUT2D eigenvalue weighted by Crippen LogP contribution is 2.58. The number of hydrogen-bond donors (Lipinski definition) is 3. The molecule has 2 rings (SSSR count). The molecule has 1 aromatic heterocycles. The second kappa shape index (κ2) is 7.06. The van der Waals surface area contributed by atoms with Crippen molar-refractivity contribution in [3.8, 4) is 0 Å². The molecule has 130 valence electrons. The maximum atomic E-state index is 11.7. The van der Waals surface area contributed by atoms with E-state index in [0.717, 1.165) is 6.66 Å². The van der Waals surface area contributed by atoms with E-state index in [1.807, 2.05) is 0 Å². The molecule has 1 aliphatic rings. The first kappa shape index (κ1) is 18.7. The zero-order chi connectivity index (χ0) is 17.3. The van der Waals surface area contributed by atoms with Gasteiger partial charge in [0.1, 0.15) is 0 Å². The highest BCUT2D eigenvalue weighted by atomic mass is 32.2. The average Bonchev–Trinajstić information content (AvgIpc) is 2.82. The van der Waals surface area contributed by atoms with Crippen LogP contribution in [0.2, 0.25) is 0 Å². The molecular formula is C10H16N2O8P2S. The van der Waals surface area contributed by atoms with Crippen LogP contribution >= 0.6 is 27.2 Å². The van der Waals surface area contributed by atoms with Gasteiger partial charge in [-0.3, -0.25) is 23.4 Å². The number of aromatic amines is 1. The van der Waals surface area contributed by atoms with E-state index in [-0.39, 0.29) is 17.2 Å². The molecule has 1 fully saturated rings. The normalized spacial score (nSPS) is 26.6. The van der Waals surface area contributed by atoms with Gasteiger partial charge < -0.3 is 9.79 Å². The van der Waals surface area contributed by atoms with Crippen molar-refractivity contribution in [2.45, 2.75) is 23.5 Å². The molecular weight excluding hydrogens is 370 g/mol. The lowest BCUT2D eigenvalue weighted by molar-refractivity contribution is 0.196. The van der Waals surface area contributed by atoms with Gasteiger partial charge >= 0.3 is 21.1 Å². The van der Waals surface area contributed by atoms with Crippen molar-refractivity contribution < 1.29 is 27.8 Å². The van der Waals surface area contributed by atoms with Gasteiger partial charge in [-0.05, 0) is 12.8 Å². The van der Waals surface area contributed by atoms with Crippen LogP contribution < -0.4 is 11.2 Å². The topological polar surface area (TPSA) is 148 Å². The number of aromatic nitrogens is 2. The van der Waals surface area contributed by atoms with E-state index in [2.05, 4.69) is 9.29 Å². The van der Waals surface area contributed by atoms with Gasteiger partial charge in [0.25, 0.3) is 5.56 Å². The zero-order valence-electron chi connectivity index (χ0n) is 12.0. The van der Waals surface area contributed by atoms with Gasteiger partial charge in [0.2, 0.25) is 0 Å². The molecule has 1 aliphatic heterocycles. The van der Waals surface area contributed by atoms with Gasteiger partial charge in [0, 0.05) is 24.2 Å². The average molecular weight is 386 g/mol. The molecule has 4 atom stereocenters. The van der Waals surface area contributed by atoms with Gasteiger partial charge in [-0.25, -0.2) is 13.7 Å². The molecule has 13 heteroatoms. The van der Waals surface area contributed by atoms with Crippen LogP contribution in [0.4, 0.5) is 0 Å². The summed E-state index contributed by atoms with van der Waals surface area (Å²) in [5.41, 5.74) is -1.01. The maximum Gasteiger partial charge on any atom is 0.479 e. The van der Waals surface area contributed by atoms with Crippen molar-refractivity contribution >= 4 is 27.2 Å². The second-order valence-electron chi connectivity index (χ2n) is 4.96. The monoisotopic (exact) mass is 386 g/mol. The lowest BCUT2D eigenvalue weighted by atomic mass is 10.2. The Balaban J connectivity index is 1.93. The number of phosphoric ester groups is 1. The predicted molar refractivity (Wildman–Crippen MR) is 83.6 cm³/mol. The summed E-state index contributed by atoms with van der Waals surface area (Å²) in [5.74, 6) is 0. The standard InChI is InChI=1S/C10H16N2O8P2S/c1-21(15,16)20-22(17,18)19-6-7-2-3-9(23-7)12-5-4-8(13)11-10(12)14/h4-5,7,9H,2-3,6H2,1H3,(H,15,16)(H,17,18)(H,11,13,14). The molecule has 0 aliphatic carbocycles. The summed E-state index contributed by atoms with van der Waals surface area (Å²) in [6.45, 7) is 0.606. The van der Waals surface area contributed by atoms with Gasteiger partial charge in [0.05, 0.1) is 12.0 Å². The Kier molecular flexibility index (Phi) is 5.73. The summed E-state index contributed by atoms with van der Waals surface area (Å²) >= 11 is 1.34. The number of rotatable bonds is 6. The second-order valence-corrected chi connectivity index (χ2v) is 9.89. The van der Waals surface area contributed by atoms with Crippen LogP contribution in [0.15, 0.2) is 21.9 Å². The van der Waals surface area contributed by atoms with Crippen molar-refractivity contribution in [3.63, 3.8) is 0 Å². The molecule has 1 saturated heterocycles. The summed E-state index contributed by atoms with van der Waals surface area (Å²) in [5, 5.41) is -0.431. The van der Waals surface area contributed by atoms with Crippen LogP contribution in [0.25, 0.3) is 0 Å². The van der Waals surface area contributed by atoms with Crippen molar-refractivity contribution in [1.29, 1.82) is 0 Å². The van der Waals surface area contributed by atoms with Crippen LogP contribution in [0, 0.1) is 0 Å². The quantitative estimate of drug-likeness (QED) is 0.606. The molecule has 4 unspecified atom stereocenters. The largest absolute Gasteiger partial charge is 0.479 e. The van der Waals surface area contributed by atoms with Crippen molar-refractivity contribution in [2.24, 2.45) is 0 Å². The lowest BCUT2D eigenvalue weighted by Gasteiger charge is -2.16. The van der Waals surface area contributed by atoms with E-state index in [1.54, 1.807) is 0 Å². The summed E-state index contributed by atoms with van der Waals surface area (Å²) in [6.07, 6.45) is 2.60. The Morgan fingerprint density at radius 2 is 2.09 bits per heavy atom. The summed E-state index contributed by atoms with van der Waals surface area (Å²) in [4.78, 5) is 43.2. The van der Waals surface area contributed by atoms with Crippen LogP contribution in [0.5, 0.6) is 0 Å². The smallest absolute Gasteiger partial charge is 0.324 e. The van der Waals surface area contributed by atoms with E-state index in [1.165, 1.54) is 28.6 Å². The van der Waals surface area contributed by atoms with Crippen LogP contribution in [0.3, 0.4) is 0 Å². The van der Waals surface area contributed by atoms with Gasteiger partial charge in [-0.1, -0.05) is 0 Å². The number of nitrogens with one attached hydrogen (secondary N) is 1. The zero-order valence-corrected chi connectivity index (χ0v) is 14.6. The molecule has 0 saturated carbocycles. The first-order chi connectivity index (χ1) is 10.6. The number of phosphoric acid groups is 1. The number of nitrogens with zero attached hydrogens (tertiary/aromatic N) is 1. The van der Waals surface area contributed by atoms with Gasteiger partial charge in [-0.2, -0.15) is 0 Å². The van der Waals surface area contributed by atoms with E-state index in [0.29, 0.717) is 12.8 Å². The third-order valence-electron chi connectivity index (χ3n) is 2.92. The Labute approximate surface area is 135 Å². The summed E-state index contributed by atoms with van der Waals surface area (Å²) in [6, 6.07) is 1.24. The summed E-state index contributed by atoms with van der Waals surface area (Å²) < 4.78 is 32.7. The molecule has 3 N–H and O–H groups in total. The number of thioether (sulfide) groups is 1. The van der Waals surface area contributed by atoms with Crippen molar-refractivity contribution in [2.75, 3.05) is 13.3 Å². The summed E-state index contributed by atoms with van der Waals surface area (Å²) in [7, 11) is -8.76. The Bertz CT molecular complexity index is 771. The third-order valence-corrected chi connectivity index (χ3v) is 6.97. The van der Waals surface area contributed by atoms with E-state index >= 15 is 0 Å². The van der Waals surface area contributed by atoms with Gasteiger partial charge in [0.15, 0.2) is 0 Å². The van der Waals surface area contributed by atoms with E-state index in [9.17, 15) is 23.6 Å². The third kappa shape index (κ3) is 5.72. The van der Waals surface area contributed by atoms with Crippen LogP contribution in [-0.4, -0.2) is 37.9 Å². The first-order valence-electron chi connectivity index (χ1n) is 6.52. The number of H-pyrrole nitrogens is 1. The minimum Gasteiger partial charge on any atom is -0.324 e. The predicted octanol–water partition coefficient (Wildman–Crippen LogP) is 0.880. The minimum atomic E-state index is -4.62. The van der Waals surface area contributed by atoms with Crippen molar-refractivity contribution in [3.05, 3.63) is 33.1 Å². The SMILES string of the molecule is CP(=O)(O)OP(=O)(O)OCC1CCC(n2ccc(=O)[nH]c2=O)S1. The van der Waals surface area contributed by atoms with Crippen LogP contribution in [0.1, 0.15) is 18.2 Å².